The fourth-order valence-corrected chi connectivity index (χ4v) is 9.10. The Hall–Kier alpha value is -1.34. The number of methoxy groups -OCH3 is 2. The molecule has 2 bridgehead atoms. The average Bonchev–Trinajstić information content (AvgIpc) is 3.20. The molecule has 158 valence electrons. The molecule has 5 nitrogen and oxygen atoms in total. The first-order valence-corrected chi connectivity index (χ1v) is 12.2. The first kappa shape index (κ1) is 20.9. The molecule has 1 heterocycles. The molecule has 7 heteroatoms. The van der Waals surface area contributed by atoms with Crippen molar-refractivity contribution in [3.05, 3.63) is 23.8 Å². The van der Waals surface area contributed by atoms with Gasteiger partial charge in [0.25, 0.3) is 0 Å². The van der Waals surface area contributed by atoms with Crippen molar-refractivity contribution in [3.63, 3.8) is 0 Å². The van der Waals surface area contributed by atoms with Crippen LogP contribution in [0.5, 0.6) is 11.5 Å². The molecule has 0 amide bonds. The van der Waals surface area contributed by atoms with E-state index in [2.05, 4.69) is 23.5 Å². The van der Waals surface area contributed by atoms with Gasteiger partial charge in [0.05, 0.1) is 29.8 Å². The number of esters is 1. The minimum Gasteiger partial charge on any atom is -0.497 e. The van der Waals surface area contributed by atoms with Gasteiger partial charge in [-0.1, -0.05) is 6.42 Å². The Morgan fingerprint density at radius 1 is 1.07 bits per heavy atom. The van der Waals surface area contributed by atoms with Crippen LogP contribution < -0.4 is 9.47 Å². The first-order valence-electron chi connectivity index (χ1n) is 10.3. The van der Waals surface area contributed by atoms with Crippen molar-refractivity contribution in [1.29, 1.82) is 0 Å². The Morgan fingerprint density at radius 3 is 2.38 bits per heavy atom. The number of hydrogen-bond donors (Lipinski definition) is 0. The third-order valence-electron chi connectivity index (χ3n) is 6.51. The SMILES string of the molecule is COc1ccc(C(=O)COC(=O)C2CC3CCCC(C2)C32SCCS2)c(OC)c1. The zero-order valence-electron chi connectivity index (χ0n) is 17.0. The molecular weight excluding hydrogens is 408 g/mol. The van der Waals surface area contributed by atoms with E-state index in [1.165, 1.54) is 37.9 Å². The molecule has 1 aromatic carbocycles. The van der Waals surface area contributed by atoms with Crippen molar-refractivity contribution < 1.29 is 23.8 Å². The Bertz CT molecular complexity index is 758. The van der Waals surface area contributed by atoms with Crippen LogP contribution in [-0.2, 0) is 9.53 Å². The Labute approximate surface area is 180 Å². The number of carbonyl (C=O) groups excluding carboxylic acids is 2. The fourth-order valence-electron chi connectivity index (χ4n) is 5.16. The van der Waals surface area contributed by atoms with Gasteiger partial charge in [0.2, 0.25) is 5.78 Å². The molecule has 1 spiro atoms. The number of ether oxygens (including phenoxy) is 3. The Morgan fingerprint density at radius 2 is 1.76 bits per heavy atom. The molecule has 0 N–H and O–H groups in total. The van der Waals surface area contributed by atoms with Crippen LogP contribution in [0, 0.1) is 17.8 Å². The van der Waals surface area contributed by atoms with Crippen LogP contribution in [0.25, 0.3) is 0 Å². The predicted octanol–water partition coefficient (Wildman–Crippen LogP) is 4.43. The largest absolute Gasteiger partial charge is 0.497 e. The van der Waals surface area contributed by atoms with Crippen LogP contribution in [0.15, 0.2) is 18.2 Å². The number of Topliss-reactive ketones (excluding diaryl/α,β-unsaturated/α-hetero) is 1. The van der Waals surface area contributed by atoms with Gasteiger partial charge in [0, 0.05) is 17.6 Å². The summed E-state index contributed by atoms with van der Waals surface area (Å²) in [6.07, 6.45) is 5.49. The molecule has 4 rings (SSSR count). The lowest BCUT2D eigenvalue weighted by Gasteiger charge is -2.51. The van der Waals surface area contributed by atoms with E-state index in [0.29, 0.717) is 33.0 Å². The normalized spacial score (nSPS) is 27.4. The Balaban J connectivity index is 1.37. The average molecular weight is 437 g/mol. The zero-order valence-corrected chi connectivity index (χ0v) is 18.6. The predicted molar refractivity (Wildman–Crippen MR) is 116 cm³/mol. The van der Waals surface area contributed by atoms with Crippen molar-refractivity contribution in [1.82, 2.24) is 0 Å². The van der Waals surface area contributed by atoms with Crippen LogP contribution in [0.4, 0.5) is 0 Å². The summed E-state index contributed by atoms with van der Waals surface area (Å²) in [6.45, 7) is -0.248. The first-order chi connectivity index (χ1) is 14.1. The van der Waals surface area contributed by atoms with Gasteiger partial charge in [0.15, 0.2) is 6.61 Å². The molecule has 1 aliphatic heterocycles. The van der Waals surface area contributed by atoms with Crippen LogP contribution in [0.2, 0.25) is 0 Å². The van der Waals surface area contributed by atoms with E-state index in [0.717, 1.165) is 12.8 Å². The van der Waals surface area contributed by atoms with Gasteiger partial charge in [-0.15, -0.1) is 23.5 Å². The van der Waals surface area contributed by atoms with Crippen molar-refractivity contribution in [2.75, 3.05) is 32.3 Å². The van der Waals surface area contributed by atoms with Crippen LogP contribution in [-0.4, -0.2) is 48.2 Å². The van der Waals surface area contributed by atoms with Gasteiger partial charge in [0.1, 0.15) is 11.5 Å². The number of rotatable bonds is 6. The second-order valence-electron chi connectivity index (χ2n) is 8.01. The molecule has 0 aromatic heterocycles. The lowest BCUT2D eigenvalue weighted by Crippen LogP contribution is -2.48. The second-order valence-corrected chi connectivity index (χ2v) is 11.0. The third kappa shape index (κ3) is 4.00. The second kappa shape index (κ2) is 8.80. The molecule has 3 aliphatic rings. The summed E-state index contributed by atoms with van der Waals surface area (Å²) in [6, 6.07) is 5.02. The lowest BCUT2D eigenvalue weighted by atomic mass is 9.67. The summed E-state index contributed by atoms with van der Waals surface area (Å²) >= 11 is 4.25. The maximum Gasteiger partial charge on any atom is 0.309 e. The Kier molecular flexibility index (Phi) is 6.35. The molecular formula is C22H28O5S2. The minimum atomic E-state index is -0.257. The number of thioether (sulfide) groups is 2. The highest BCUT2D eigenvalue weighted by Gasteiger charge is 2.55. The van der Waals surface area contributed by atoms with Crippen LogP contribution in [0.3, 0.4) is 0 Å². The summed E-state index contributed by atoms with van der Waals surface area (Å²) in [5.41, 5.74) is 0.402. The molecule has 2 aliphatic carbocycles. The monoisotopic (exact) mass is 436 g/mol. The smallest absolute Gasteiger partial charge is 0.309 e. The van der Waals surface area contributed by atoms with Gasteiger partial charge < -0.3 is 14.2 Å². The summed E-state index contributed by atoms with van der Waals surface area (Å²) in [5, 5.41) is 0. The number of benzene rings is 1. The quantitative estimate of drug-likeness (QED) is 0.483. The van der Waals surface area contributed by atoms with Gasteiger partial charge >= 0.3 is 5.97 Å². The van der Waals surface area contributed by atoms with Crippen molar-refractivity contribution >= 4 is 35.3 Å². The van der Waals surface area contributed by atoms with E-state index in [-0.39, 0.29) is 24.3 Å². The highest BCUT2D eigenvalue weighted by atomic mass is 32.2. The van der Waals surface area contributed by atoms with E-state index in [9.17, 15) is 9.59 Å². The summed E-state index contributed by atoms with van der Waals surface area (Å²) in [7, 11) is 3.07. The highest BCUT2D eigenvalue weighted by Crippen LogP contribution is 2.64. The van der Waals surface area contributed by atoms with Gasteiger partial charge in [-0.05, 0) is 49.7 Å². The van der Waals surface area contributed by atoms with Gasteiger partial charge in [-0.25, -0.2) is 0 Å². The van der Waals surface area contributed by atoms with Crippen LogP contribution >= 0.6 is 23.5 Å². The van der Waals surface area contributed by atoms with E-state index in [1.807, 2.05) is 0 Å². The van der Waals surface area contributed by atoms with Crippen LogP contribution in [0.1, 0.15) is 42.5 Å². The molecule has 0 radical (unpaired) electrons. The minimum absolute atomic E-state index is 0.0803. The van der Waals surface area contributed by atoms with Gasteiger partial charge in [-0.3, -0.25) is 9.59 Å². The summed E-state index contributed by atoms with van der Waals surface area (Å²) in [4.78, 5) is 25.4. The number of carbonyl (C=O) groups is 2. The van der Waals surface area contributed by atoms with Gasteiger partial charge in [-0.2, -0.15) is 0 Å². The molecule has 2 unspecified atom stereocenters. The molecule has 1 saturated heterocycles. The van der Waals surface area contributed by atoms with E-state index in [4.69, 9.17) is 14.2 Å². The van der Waals surface area contributed by atoms with E-state index in [1.54, 1.807) is 25.3 Å². The molecule has 29 heavy (non-hydrogen) atoms. The maximum absolute atomic E-state index is 12.8. The summed E-state index contributed by atoms with van der Waals surface area (Å²) in [5.74, 6) is 4.11. The topological polar surface area (TPSA) is 61.8 Å². The summed E-state index contributed by atoms with van der Waals surface area (Å²) < 4.78 is 16.3. The highest BCUT2D eigenvalue weighted by molar-refractivity contribution is 8.21. The molecule has 1 aromatic rings. The molecule has 2 atom stereocenters. The lowest BCUT2D eigenvalue weighted by molar-refractivity contribution is -0.150. The number of ketones is 1. The van der Waals surface area contributed by atoms with Crippen molar-refractivity contribution in [2.24, 2.45) is 17.8 Å². The van der Waals surface area contributed by atoms with Crippen molar-refractivity contribution in [3.8, 4) is 11.5 Å². The molecule has 2 saturated carbocycles. The maximum atomic E-state index is 12.8. The fraction of sp³-hybridized carbons (Fsp3) is 0.636. The van der Waals surface area contributed by atoms with E-state index < -0.39 is 0 Å². The standard InChI is InChI=1S/C22H28O5S2/c1-25-17-6-7-18(20(12-17)26-2)19(23)13-27-21(24)14-10-15-4-3-5-16(11-14)22(15)28-8-9-29-22/h6-7,12,14-16H,3-5,8-11,13H2,1-2H3. The zero-order chi connectivity index (χ0) is 20.4. The van der Waals surface area contributed by atoms with Crippen molar-refractivity contribution in [2.45, 2.75) is 36.2 Å². The van der Waals surface area contributed by atoms with E-state index >= 15 is 0 Å². The number of hydrogen-bond acceptors (Lipinski definition) is 7. The molecule has 3 fully saturated rings. The third-order valence-corrected chi connectivity index (χ3v) is 10.5.